The average Bonchev–Trinajstić information content (AvgIpc) is 2.75. The van der Waals surface area contributed by atoms with Crippen LogP contribution in [0.3, 0.4) is 0 Å². The first-order chi connectivity index (χ1) is 13.7. The Labute approximate surface area is 162 Å². The van der Waals surface area contributed by atoms with Crippen molar-refractivity contribution in [1.82, 2.24) is 14.5 Å². The van der Waals surface area contributed by atoms with Gasteiger partial charge in [0, 0.05) is 47.9 Å². The zero-order valence-electron chi connectivity index (χ0n) is 15.4. The number of aromatic nitrogens is 3. The molecule has 0 radical (unpaired) electrons. The minimum atomic E-state index is -0.0689. The van der Waals surface area contributed by atoms with Gasteiger partial charge in [-0.1, -0.05) is 6.07 Å². The first kappa shape index (κ1) is 17.7. The second kappa shape index (κ2) is 7.92. The summed E-state index contributed by atoms with van der Waals surface area (Å²) in [6, 6.07) is 14.7. The number of rotatable bonds is 6. The summed E-state index contributed by atoms with van der Waals surface area (Å²) in [4.78, 5) is 20.7. The lowest BCUT2D eigenvalue weighted by molar-refractivity contribution is 0.299. The highest BCUT2D eigenvalue weighted by Crippen LogP contribution is 2.27. The molecule has 140 valence electrons. The van der Waals surface area contributed by atoms with Gasteiger partial charge in [-0.05, 0) is 35.9 Å². The molecule has 0 fully saturated rings. The Kier molecular flexibility index (Phi) is 5.01. The predicted octanol–water partition coefficient (Wildman–Crippen LogP) is 3.55. The molecular weight excluding hydrogens is 354 g/mol. The standard InChI is InChI=1S/C22H19N3O3/c1-27-18-5-6-19-20(13-18)24-10-8-21(19)28-12-11-25-15-17(4-7-22(25)26)16-3-2-9-23-14-16/h2-10,13-15H,11-12H2,1H3. The van der Waals surface area contributed by atoms with Gasteiger partial charge in [-0.15, -0.1) is 0 Å². The van der Waals surface area contributed by atoms with E-state index in [1.165, 1.54) is 0 Å². The maximum absolute atomic E-state index is 12.2. The Bertz CT molecular complexity index is 1160. The lowest BCUT2D eigenvalue weighted by atomic mass is 10.1. The van der Waals surface area contributed by atoms with E-state index >= 15 is 0 Å². The number of hydrogen-bond acceptors (Lipinski definition) is 5. The van der Waals surface area contributed by atoms with Crippen LogP contribution in [0.25, 0.3) is 22.0 Å². The van der Waals surface area contributed by atoms with Gasteiger partial charge in [0.1, 0.15) is 18.1 Å². The van der Waals surface area contributed by atoms with Crippen molar-refractivity contribution in [3.63, 3.8) is 0 Å². The summed E-state index contributed by atoms with van der Waals surface area (Å²) in [5, 5.41) is 0.903. The van der Waals surface area contributed by atoms with Crippen molar-refractivity contribution >= 4 is 10.9 Å². The number of nitrogens with zero attached hydrogens (tertiary/aromatic N) is 3. The maximum Gasteiger partial charge on any atom is 0.250 e. The molecule has 0 atom stereocenters. The number of pyridine rings is 3. The fourth-order valence-electron chi connectivity index (χ4n) is 3.02. The first-order valence-corrected chi connectivity index (χ1v) is 8.91. The predicted molar refractivity (Wildman–Crippen MR) is 108 cm³/mol. The molecule has 6 nitrogen and oxygen atoms in total. The van der Waals surface area contributed by atoms with E-state index in [1.54, 1.807) is 42.4 Å². The van der Waals surface area contributed by atoms with Gasteiger partial charge in [0.15, 0.2) is 0 Å². The second-order valence-corrected chi connectivity index (χ2v) is 6.23. The minimum Gasteiger partial charge on any atom is -0.497 e. The Morgan fingerprint density at radius 1 is 1.04 bits per heavy atom. The molecule has 0 saturated carbocycles. The van der Waals surface area contributed by atoms with Gasteiger partial charge < -0.3 is 14.0 Å². The highest BCUT2D eigenvalue weighted by molar-refractivity contribution is 5.85. The van der Waals surface area contributed by atoms with E-state index in [2.05, 4.69) is 9.97 Å². The van der Waals surface area contributed by atoms with Gasteiger partial charge in [-0.2, -0.15) is 0 Å². The highest BCUT2D eigenvalue weighted by atomic mass is 16.5. The van der Waals surface area contributed by atoms with Crippen LogP contribution in [-0.4, -0.2) is 28.3 Å². The molecule has 4 aromatic rings. The number of benzene rings is 1. The Morgan fingerprint density at radius 3 is 2.79 bits per heavy atom. The van der Waals surface area contributed by atoms with Crippen LogP contribution in [0.15, 0.2) is 78.1 Å². The van der Waals surface area contributed by atoms with Crippen molar-refractivity contribution in [2.75, 3.05) is 13.7 Å². The highest BCUT2D eigenvalue weighted by Gasteiger charge is 2.06. The fourth-order valence-corrected chi connectivity index (χ4v) is 3.02. The molecule has 3 heterocycles. The smallest absolute Gasteiger partial charge is 0.250 e. The number of methoxy groups -OCH3 is 1. The maximum atomic E-state index is 12.2. The second-order valence-electron chi connectivity index (χ2n) is 6.23. The minimum absolute atomic E-state index is 0.0689. The summed E-state index contributed by atoms with van der Waals surface area (Å²) in [6.45, 7) is 0.800. The monoisotopic (exact) mass is 373 g/mol. The zero-order valence-corrected chi connectivity index (χ0v) is 15.4. The van der Waals surface area contributed by atoms with E-state index in [0.717, 1.165) is 33.5 Å². The number of hydrogen-bond donors (Lipinski definition) is 0. The van der Waals surface area contributed by atoms with E-state index in [4.69, 9.17) is 9.47 Å². The quantitative estimate of drug-likeness (QED) is 0.517. The van der Waals surface area contributed by atoms with Crippen molar-refractivity contribution in [3.05, 3.63) is 83.7 Å². The molecule has 0 amide bonds. The molecule has 0 N–H and O–H groups in total. The van der Waals surface area contributed by atoms with Crippen LogP contribution in [0.4, 0.5) is 0 Å². The third-order valence-electron chi connectivity index (χ3n) is 4.48. The molecule has 0 unspecified atom stereocenters. The van der Waals surface area contributed by atoms with Gasteiger partial charge in [-0.3, -0.25) is 14.8 Å². The molecule has 0 aliphatic carbocycles. The number of fused-ring (bicyclic) bond motifs is 1. The van der Waals surface area contributed by atoms with Crippen molar-refractivity contribution in [2.45, 2.75) is 6.54 Å². The molecule has 0 aliphatic heterocycles. The van der Waals surface area contributed by atoms with Gasteiger partial charge in [0.05, 0.1) is 19.2 Å². The summed E-state index contributed by atoms with van der Waals surface area (Å²) < 4.78 is 12.8. The van der Waals surface area contributed by atoms with Crippen molar-refractivity contribution in [2.24, 2.45) is 0 Å². The van der Waals surface area contributed by atoms with Crippen LogP contribution in [0.2, 0.25) is 0 Å². The van der Waals surface area contributed by atoms with E-state index in [9.17, 15) is 4.79 Å². The molecule has 28 heavy (non-hydrogen) atoms. The summed E-state index contributed by atoms with van der Waals surface area (Å²) in [7, 11) is 1.62. The van der Waals surface area contributed by atoms with Crippen LogP contribution in [0.1, 0.15) is 0 Å². The van der Waals surface area contributed by atoms with E-state index in [0.29, 0.717) is 13.2 Å². The Morgan fingerprint density at radius 2 is 1.96 bits per heavy atom. The van der Waals surface area contributed by atoms with Gasteiger partial charge in [0.25, 0.3) is 5.56 Å². The van der Waals surface area contributed by atoms with Crippen LogP contribution < -0.4 is 15.0 Å². The summed E-state index contributed by atoms with van der Waals surface area (Å²) in [6.07, 6.45) is 7.03. The van der Waals surface area contributed by atoms with Gasteiger partial charge >= 0.3 is 0 Å². The summed E-state index contributed by atoms with van der Waals surface area (Å²) in [5.41, 5.74) is 2.63. The van der Waals surface area contributed by atoms with Crippen LogP contribution in [0, 0.1) is 0 Å². The summed E-state index contributed by atoms with van der Waals surface area (Å²) in [5.74, 6) is 1.47. The van der Waals surface area contributed by atoms with E-state index in [-0.39, 0.29) is 5.56 Å². The number of ether oxygens (including phenoxy) is 2. The molecule has 0 bridgehead atoms. The van der Waals surface area contributed by atoms with Crippen molar-refractivity contribution < 1.29 is 9.47 Å². The SMILES string of the molecule is COc1ccc2c(OCCn3cc(-c4cccnc4)ccc3=O)ccnc2c1. The van der Waals surface area contributed by atoms with Crippen LogP contribution >= 0.6 is 0 Å². The zero-order chi connectivity index (χ0) is 19.3. The summed E-state index contributed by atoms with van der Waals surface area (Å²) >= 11 is 0. The molecule has 0 aliphatic rings. The van der Waals surface area contributed by atoms with E-state index < -0.39 is 0 Å². The molecule has 1 aromatic carbocycles. The van der Waals surface area contributed by atoms with Crippen LogP contribution in [0.5, 0.6) is 11.5 Å². The lowest BCUT2D eigenvalue weighted by Crippen LogP contribution is -2.22. The molecule has 0 spiro atoms. The molecule has 0 saturated heterocycles. The Hall–Kier alpha value is -3.67. The van der Waals surface area contributed by atoms with E-state index in [1.807, 2.05) is 42.6 Å². The van der Waals surface area contributed by atoms with Crippen molar-refractivity contribution in [3.8, 4) is 22.6 Å². The molecule has 3 aromatic heterocycles. The Balaban J connectivity index is 1.51. The third-order valence-corrected chi connectivity index (χ3v) is 4.48. The lowest BCUT2D eigenvalue weighted by Gasteiger charge is -2.12. The largest absolute Gasteiger partial charge is 0.497 e. The van der Waals surface area contributed by atoms with Crippen LogP contribution in [-0.2, 0) is 6.54 Å². The normalized spacial score (nSPS) is 10.8. The molecule has 6 heteroatoms. The molecular formula is C22H19N3O3. The van der Waals surface area contributed by atoms with Crippen molar-refractivity contribution in [1.29, 1.82) is 0 Å². The average molecular weight is 373 g/mol. The topological polar surface area (TPSA) is 66.2 Å². The first-order valence-electron chi connectivity index (χ1n) is 8.91. The van der Waals surface area contributed by atoms with Gasteiger partial charge in [-0.25, -0.2) is 0 Å². The molecule has 4 rings (SSSR count). The third kappa shape index (κ3) is 3.71. The van der Waals surface area contributed by atoms with Gasteiger partial charge in [0.2, 0.25) is 0 Å². The fraction of sp³-hybridized carbons (Fsp3) is 0.136.